The third-order valence-electron chi connectivity index (χ3n) is 6.00. The Hall–Kier alpha value is -2.32. The van der Waals surface area contributed by atoms with Crippen LogP contribution in [0.2, 0.25) is 0 Å². The minimum atomic E-state index is -0.338. The van der Waals surface area contributed by atoms with E-state index in [1.165, 1.54) is 10.7 Å². The summed E-state index contributed by atoms with van der Waals surface area (Å²) in [5.74, 6) is 0.943. The summed E-state index contributed by atoms with van der Waals surface area (Å²) in [6.07, 6.45) is 4.57. The van der Waals surface area contributed by atoms with Crippen LogP contribution in [0.4, 0.5) is 4.39 Å². The number of hydrogen-bond donors (Lipinski definition) is 1. The Labute approximate surface area is 168 Å². The highest BCUT2D eigenvalue weighted by Gasteiger charge is 2.35. The number of nitrogens with one attached hydrogen (secondary N) is 1. The van der Waals surface area contributed by atoms with Gasteiger partial charge >= 0.3 is 0 Å². The van der Waals surface area contributed by atoms with E-state index in [0.717, 1.165) is 49.9 Å². The van der Waals surface area contributed by atoms with E-state index in [1.54, 1.807) is 6.07 Å². The average Bonchev–Trinajstić information content (AvgIpc) is 3.40. The zero-order valence-electron chi connectivity index (χ0n) is 16.8. The van der Waals surface area contributed by atoms with Crippen molar-refractivity contribution < 1.29 is 13.7 Å². The third kappa shape index (κ3) is 3.44. The zero-order chi connectivity index (χ0) is 20.0. The lowest BCUT2D eigenvalue weighted by atomic mass is 9.80. The lowest BCUT2D eigenvalue weighted by Gasteiger charge is -2.34. The first-order valence-corrected chi connectivity index (χ1v) is 10.5. The largest absolute Gasteiger partial charge is 0.377 e. The Bertz CT molecular complexity index is 1000. The Morgan fingerprint density at radius 3 is 2.93 bits per heavy atom. The molecule has 0 radical (unpaired) electrons. The molecule has 1 atom stereocenters. The molecule has 8 heteroatoms. The predicted octanol–water partition coefficient (Wildman–Crippen LogP) is 3.69. The summed E-state index contributed by atoms with van der Waals surface area (Å²) < 4.78 is 27.2. The molecule has 1 saturated carbocycles. The van der Waals surface area contributed by atoms with Gasteiger partial charge in [-0.2, -0.15) is 14.8 Å². The van der Waals surface area contributed by atoms with Gasteiger partial charge in [0.15, 0.2) is 0 Å². The van der Waals surface area contributed by atoms with Crippen molar-refractivity contribution in [3.63, 3.8) is 0 Å². The number of benzene rings is 1. The van der Waals surface area contributed by atoms with E-state index in [9.17, 15) is 4.39 Å². The Balaban J connectivity index is 1.31. The summed E-state index contributed by atoms with van der Waals surface area (Å²) in [5, 5.41) is 13.0. The standard InChI is InChI=1S/C21H26FN5O2/c1-12(2)18-16-6-3-7-17(22)19(16)27(25-18)21-24-20(29-26-21)13-9-14(10-13)23-11-15-5-4-8-28-15/h3,6-7,12-15,23H,4-5,8-11H2,1-2H3/t13-,14+,15?. The molecule has 1 unspecified atom stereocenters. The lowest BCUT2D eigenvalue weighted by molar-refractivity contribution is 0.101. The van der Waals surface area contributed by atoms with Crippen LogP contribution in [0.15, 0.2) is 22.7 Å². The van der Waals surface area contributed by atoms with Crippen LogP contribution in [0.25, 0.3) is 16.9 Å². The number of ether oxygens (including phenoxy) is 1. The summed E-state index contributed by atoms with van der Waals surface area (Å²) in [7, 11) is 0. The Morgan fingerprint density at radius 1 is 1.31 bits per heavy atom. The molecule has 1 N–H and O–H groups in total. The first kappa shape index (κ1) is 18.7. The summed E-state index contributed by atoms with van der Waals surface area (Å²) in [5.41, 5.74) is 1.22. The zero-order valence-corrected chi connectivity index (χ0v) is 16.8. The molecule has 7 nitrogen and oxygen atoms in total. The minimum absolute atomic E-state index is 0.161. The molecule has 0 spiro atoms. The third-order valence-corrected chi connectivity index (χ3v) is 6.00. The molecule has 5 rings (SSSR count). The van der Waals surface area contributed by atoms with Crippen molar-refractivity contribution in [2.24, 2.45) is 0 Å². The normalized spacial score (nSPS) is 24.5. The van der Waals surface area contributed by atoms with E-state index in [0.29, 0.717) is 23.6 Å². The topological polar surface area (TPSA) is 78.0 Å². The molecule has 29 heavy (non-hydrogen) atoms. The van der Waals surface area contributed by atoms with Gasteiger partial charge in [-0.3, -0.25) is 0 Å². The Kier molecular flexibility index (Phi) is 4.83. The fourth-order valence-corrected chi connectivity index (χ4v) is 4.29. The maximum atomic E-state index is 14.6. The summed E-state index contributed by atoms with van der Waals surface area (Å²) >= 11 is 0. The van der Waals surface area contributed by atoms with Gasteiger partial charge in [0.05, 0.1) is 11.8 Å². The van der Waals surface area contributed by atoms with Crippen LogP contribution in [0.1, 0.15) is 63.0 Å². The molecule has 3 heterocycles. The van der Waals surface area contributed by atoms with Crippen molar-refractivity contribution >= 4 is 10.9 Å². The fourth-order valence-electron chi connectivity index (χ4n) is 4.29. The van der Waals surface area contributed by atoms with Crippen LogP contribution in [-0.2, 0) is 4.74 Å². The summed E-state index contributed by atoms with van der Waals surface area (Å²) in [6.45, 7) is 5.86. The average molecular weight is 399 g/mol. The van der Waals surface area contributed by atoms with Gasteiger partial charge in [0.1, 0.15) is 11.3 Å². The molecule has 2 aliphatic rings. The monoisotopic (exact) mass is 399 g/mol. The number of fused-ring (bicyclic) bond motifs is 1. The van der Waals surface area contributed by atoms with Crippen molar-refractivity contribution in [1.82, 2.24) is 25.2 Å². The first-order chi connectivity index (χ1) is 14.1. The number of aromatic nitrogens is 4. The van der Waals surface area contributed by atoms with Crippen molar-refractivity contribution in [2.75, 3.05) is 13.2 Å². The molecule has 1 aromatic carbocycles. The minimum Gasteiger partial charge on any atom is -0.377 e. The van der Waals surface area contributed by atoms with Gasteiger partial charge in [-0.05, 0) is 42.8 Å². The molecule has 3 aromatic rings. The molecule has 1 aliphatic heterocycles. The summed E-state index contributed by atoms with van der Waals surface area (Å²) in [6, 6.07) is 5.47. The predicted molar refractivity (Wildman–Crippen MR) is 106 cm³/mol. The van der Waals surface area contributed by atoms with Crippen LogP contribution in [0.3, 0.4) is 0 Å². The summed E-state index contributed by atoms with van der Waals surface area (Å²) in [4.78, 5) is 4.54. The number of halogens is 1. The van der Waals surface area contributed by atoms with Gasteiger partial charge in [-0.25, -0.2) is 4.39 Å². The highest BCUT2D eigenvalue weighted by atomic mass is 19.1. The first-order valence-electron chi connectivity index (χ1n) is 10.5. The smallest absolute Gasteiger partial charge is 0.291 e. The molecular weight excluding hydrogens is 373 g/mol. The number of nitrogens with zero attached hydrogens (tertiary/aromatic N) is 4. The van der Waals surface area contributed by atoms with E-state index in [-0.39, 0.29) is 23.6 Å². The van der Waals surface area contributed by atoms with E-state index in [1.807, 2.05) is 19.9 Å². The van der Waals surface area contributed by atoms with Crippen molar-refractivity contribution in [3.8, 4) is 5.95 Å². The van der Waals surface area contributed by atoms with Gasteiger partial charge in [-0.1, -0.05) is 26.0 Å². The second-order valence-electron chi connectivity index (χ2n) is 8.43. The van der Waals surface area contributed by atoms with Gasteiger partial charge in [0, 0.05) is 30.5 Å². The maximum absolute atomic E-state index is 14.6. The molecule has 0 bridgehead atoms. The van der Waals surface area contributed by atoms with Gasteiger partial charge in [-0.15, -0.1) is 0 Å². The fraction of sp³-hybridized carbons (Fsp3) is 0.571. The van der Waals surface area contributed by atoms with Crippen molar-refractivity contribution in [2.45, 2.75) is 63.5 Å². The highest BCUT2D eigenvalue weighted by molar-refractivity contribution is 5.84. The Morgan fingerprint density at radius 2 is 2.17 bits per heavy atom. The van der Waals surface area contributed by atoms with Gasteiger partial charge in [0.2, 0.25) is 5.89 Å². The molecule has 154 valence electrons. The second-order valence-corrected chi connectivity index (χ2v) is 8.43. The van der Waals surface area contributed by atoms with Crippen LogP contribution in [-0.4, -0.2) is 45.2 Å². The van der Waals surface area contributed by atoms with Gasteiger partial charge in [0.25, 0.3) is 5.95 Å². The molecule has 0 amide bonds. The molecule has 2 fully saturated rings. The molecular formula is C21H26FN5O2. The van der Waals surface area contributed by atoms with Gasteiger partial charge < -0.3 is 14.6 Å². The van der Waals surface area contributed by atoms with Crippen LogP contribution in [0.5, 0.6) is 0 Å². The number of hydrogen-bond acceptors (Lipinski definition) is 6. The van der Waals surface area contributed by atoms with E-state index < -0.39 is 0 Å². The number of rotatable bonds is 6. The lowest BCUT2D eigenvalue weighted by Crippen LogP contribution is -2.43. The second kappa shape index (κ2) is 7.50. The molecule has 2 aromatic heterocycles. The van der Waals surface area contributed by atoms with Crippen molar-refractivity contribution in [3.05, 3.63) is 35.6 Å². The quantitative estimate of drug-likeness (QED) is 0.681. The van der Waals surface area contributed by atoms with E-state index >= 15 is 0 Å². The van der Waals surface area contributed by atoms with Crippen molar-refractivity contribution in [1.29, 1.82) is 0 Å². The van der Waals surface area contributed by atoms with Crippen LogP contribution >= 0.6 is 0 Å². The van der Waals surface area contributed by atoms with Crippen LogP contribution in [0, 0.1) is 5.82 Å². The number of para-hydroxylation sites is 1. The molecule has 1 aliphatic carbocycles. The van der Waals surface area contributed by atoms with E-state index in [2.05, 4.69) is 20.6 Å². The highest BCUT2D eigenvalue weighted by Crippen LogP contribution is 2.37. The maximum Gasteiger partial charge on any atom is 0.291 e. The molecule has 1 saturated heterocycles. The van der Waals surface area contributed by atoms with E-state index in [4.69, 9.17) is 9.26 Å². The van der Waals surface area contributed by atoms with Crippen LogP contribution < -0.4 is 5.32 Å². The SMILES string of the molecule is CC(C)c1nn(-c2noc([C@H]3C[C@@H](NCC4CCCO4)C3)n2)c2c(F)cccc12.